The van der Waals surface area contributed by atoms with E-state index in [0.717, 1.165) is 0 Å². The summed E-state index contributed by atoms with van der Waals surface area (Å²) in [5.74, 6) is 5.76. The number of ketones is 1. The summed E-state index contributed by atoms with van der Waals surface area (Å²) < 4.78 is 19.1. The Morgan fingerprint density at radius 3 is 2.91 bits per heavy atom. The molecule has 0 amide bonds. The second-order valence-corrected chi connectivity index (χ2v) is 8.23. The Morgan fingerprint density at radius 2 is 2.15 bits per heavy atom. The third kappa shape index (κ3) is 4.89. The Bertz CT molecular complexity index is 1290. The molecule has 0 aromatic heterocycles. The number of fused-ring (bicyclic) bond motifs is 1. The number of nitrogens with one attached hydrogen (secondary N) is 1. The predicted molar refractivity (Wildman–Crippen MR) is 129 cm³/mol. The quantitative estimate of drug-likeness (QED) is 0.480. The molecule has 0 bridgehead atoms. The second-order valence-electron chi connectivity index (χ2n) is 7.82. The number of rotatable bonds is 5. The van der Waals surface area contributed by atoms with Gasteiger partial charge in [-0.3, -0.25) is 9.79 Å². The Labute approximate surface area is 196 Å². The van der Waals surface area contributed by atoms with E-state index in [-0.39, 0.29) is 24.2 Å². The van der Waals surface area contributed by atoms with Crippen LogP contribution in [0.1, 0.15) is 19.4 Å². The zero-order valence-corrected chi connectivity index (χ0v) is 18.9. The van der Waals surface area contributed by atoms with Crippen molar-refractivity contribution in [3.8, 4) is 17.6 Å². The number of Topliss-reactive ketones (excluding diaryl/α,β-unsaturated/α-hetero) is 1. The van der Waals surface area contributed by atoms with Gasteiger partial charge in [-0.05, 0) is 55.7 Å². The van der Waals surface area contributed by atoms with E-state index in [4.69, 9.17) is 16.3 Å². The van der Waals surface area contributed by atoms with Gasteiger partial charge in [0, 0.05) is 11.3 Å². The molecular formula is C26H21ClFN3O2. The molecule has 1 unspecified atom stereocenters. The van der Waals surface area contributed by atoms with Crippen molar-refractivity contribution >= 4 is 35.2 Å². The van der Waals surface area contributed by atoms with Gasteiger partial charge in [0.2, 0.25) is 5.78 Å². The van der Waals surface area contributed by atoms with E-state index in [1.54, 1.807) is 37.3 Å². The van der Waals surface area contributed by atoms with E-state index in [2.05, 4.69) is 27.1 Å². The third-order valence-corrected chi connectivity index (χ3v) is 5.73. The van der Waals surface area contributed by atoms with Crippen LogP contribution in [0, 0.1) is 23.1 Å². The summed E-state index contributed by atoms with van der Waals surface area (Å²) >= 11 is 6.43. The molecule has 7 heteroatoms. The van der Waals surface area contributed by atoms with Gasteiger partial charge in [0.1, 0.15) is 30.3 Å². The second kappa shape index (κ2) is 9.43. The van der Waals surface area contributed by atoms with Crippen molar-refractivity contribution in [1.29, 1.82) is 0 Å². The van der Waals surface area contributed by atoms with E-state index in [0.29, 0.717) is 33.4 Å². The van der Waals surface area contributed by atoms with Gasteiger partial charge < -0.3 is 10.1 Å². The smallest absolute Gasteiger partial charge is 0.235 e. The Morgan fingerprint density at radius 1 is 1.30 bits per heavy atom. The van der Waals surface area contributed by atoms with Crippen molar-refractivity contribution in [3.05, 3.63) is 82.7 Å². The monoisotopic (exact) mass is 461 g/mol. The van der Waals surface area contributed by atoms with Crippen LogP contribution in [0.5, 0.6) is 5.75 Å². The molecule has 1 N–H and O–H groups in total. The van der Waals surface area contributed by atoms with Gasteiger partial charge in [-0.1, -0.05) is 47.9 Å². The molecule has 33 heavy (non-hydrogen) atoms. The summed E-state index contributed by atoms with van der Waals surface area (Å²) in [6.07, 6.45) is 6.99. The van der Waals surface area contributed by atoms with Crippen molar-refractivity contribution in [1.82, 2.24) is 0 Å². The highest BCUT2D eigenvalue weighted by molar-refractivity contribution is 6.32. The number of allylic oxidation sites excluding steroid dienone is 2. The van der Waals surface area contributed by atoms with Crippen molar-refractivity contribution in [2.24, 2.45) is 15.4 Å². The third-order valence-electron chi connectivity index (χ3n) is 5.43. The van der Waals surface area contributed by atoms with E-state index in [1.165, 1.54) is 18.5 Å². The van der Waals surface area contributed by atoms with Crippen molar-refractivity contribution in [2.45, 2.75) is 26.5 Å². The molecule has 5 nitrogen and oxygen atoms in total. The normalized spacial score (nSPS) is 20.7. The van der Waals surface area contributed by atoms with Crippen LogP contribution in [0.4, 0.5) is 10.1 Å². The van der Waals surface area contributed by atoms with Crippen LogP contribution in [0.3, 0.4) is 0 Å². The maximum atomic E-state index is 13.4. The zero-order chi connectivity index (χ0) is 23.4. The molecule has 2 aliphatic rings. The fourth-order valence-corrected chi connectivity index (χ4v) is 3.92. The lowest BCUT2D eigenvalue weighted by atomic mass is 9.75. The van der Waals surface area contributed by atoms with Gasteiger partial charge in [-0.2, -0.15) is 0 Å². The minimum Gasteiger partial charge on any atom is -0.487 e. The number of amidine groups is 1. The average Bonchev–Trinajstić information content (AvgIpc) is 2.79. The number of ether oxygens (including phenoxy) is 1. The van der Waals surface area contributed by atoms with Crippen LogP contribution in [0.25, 0.3) is 0 Å². The van der Waals surface area contributed by atoms with E-state index in [1.807, 2.05) is 25.1 Å². The first kappa shape index (κ1) is 22.5. The fourth-order valence-electron chi connectivity index (χ4n) is 3.68. The van der Waals surface area contributed by atoms with E-state index < -0.39 is 5.41 Å². The molecule has 0 spiro atoms. The van der Waals surface area contributed by atoms with Crippen molar-refractivity contribution in [3.63, 3.8) is 0 Å². The number of aliphatic imine (C=N–C) groups is 2. The van der Waals surface area contributed by atoms with Gasteiger partial charge in [0.15, 0.2) is 0 Å². The van der Waals surface area contributed by atoms with Crippen LogP contribution in [0.2, 0.25) is 5.02 Å². The zero-order valence-electron chi connectivity index (χ0n) is 18.1. The van der Waals surface area contributed by atoms with Crippen molar-refractivity contribution in [2.75, 3.05) is 5.32 Å². The average molecular weight is 462 g/mol. The van der Waals surface area contributed by atoms with Gasteiger partial charge in [-0.25, -0.2) is 9.38 Å². The van der Waals surface area contributed by atoms with Gasteiger partial charge >= 0.3 is 0 Å². The van der Waals surface area contributed by atoms with Gasteiger partial charge in [0.05, 0.1) is 16.5 Å². The molecule has 4 rings (SSSR count). The first-order valence-corrected chi connectivity index (χ1v) is 10.7. The molecular weight excluding hydrogens is 441 g/mol. The lowest BCUT2D eigenvalue weighted by Crippen LogP contribution is -2.44. The molecule has 2 aromatic rings. The van der Waals surface area contributed by atoms with Crippen LogP contribution >= 0.6 is 11.6 Å². The molecule has 0 saturated heterocycles. The number of nitrogens with zero attached hydrogens (tertiary/aromatic N) is 2. The van der Waals surface area contributed by atoms with Gasteiger partial charge in [-0.15, -0.1) is 0 Å². The summed E-state index contributed by atoms with van der Waals surface area (Å²) in [5.41, 5.74) is 1.27. The lowest BCUT2D eigenvalue weighted by molar-refractivity contribution is -0.110. The van der Waals surface area contributed by atoms with Crippen LogP contribution in [0.15, 0.2) is 76.3 Å². The summed E-state index contributed by atoms with van der Waals surface area (Å²) in [4.78, 5) is 21.2. The van der Waals surface area contributed by atoms with Gasteiger partial charge in [0.25, 0.3) is 0 Å². The number of hydrogen-bond acceptors (Lipinski definition) is 5. The first-order chi connectivity index (χ1) is 15.9. The Hall–Kier alpha value is -3.69. The van der Waals surface area contributed by atoms with E-state index in [9.17, 15) is 9.18 Å². The van der Waals surface area contributed by atoms with Crippen molar-refractivity contribution < 1.29 is 13.9 Å². The SMILES string of the molecule is CC#CC(=O)C1=C[C@]2(C)C(Nc3ccc(OCc4cccc(F)c4)c(Cl)c3)=NC=NC2C=C1. The largest absolute Gasteiger partial charge is 0.487 e. The highest BCUT2D eigenvalue weighted by Gasteiger charge is 2.40. The highest BCUT2D eigenvalue weighted by atomic mass is 35.5. The molecule has 1 aliphatic heterocycles. The first-order valence-electron chi connectivity index (χ1n) is 10.3. The number of carbonyl (C=O) groups excluding carboxylic acids is 1. The topological polar surface area (TPSA) is 63.0 Å². The molecule has 0 radical (unpaired) electrons. The Balaban J connectivity index is 1.52. The highest BCUT2D eigenvalue weighted by Crippen LogP contribution is 2.37. The van der Waals surface area contributed by atoms with Crippen LogP contribution in [-0.4, -0.2) is 24.0 Å². The minimum atomic E-state index is -0.650. The maximum Gasteiger partial charge on any atom is 0.235 e. The summed E-state index contributed by atoms with van der Waals surface area (Å²) in [7, 11) is 0. The summed E-state index contributed by atoms with van der Waals surface area (Å²) in [6, 6.07) is 11.3. The number of benzene rings is 2. The molecule has 2 aromatic carbocycles. The Kier molecular flexibility index (Phi) is 6.43. The molecule has 1 heterocycles. The lowest BCUT2D eigenvalue weighted by Gasteiger charge is -2.37. The fraction of sp³-hybridized carbons (Fsp3) is 0.192. The van der Waals surface area contributed by atoms with E-state index >= 15 is 0 Å². The number of carbonyl (C=O) groups is 1. The summed E-state index contributed by atoms with van der Waals surface area (Å²) in [5, 5.41) is 3.70. The predicted octanol–water partition coefficient (Wildman–Crippen LogP) is 5.37. The standard InChI is InChI=1S/C26H21ClFN3O2/c1-3-5-22(32)18-8-11-24-26(2,14-18)25(30-16-29-24)31-20-9-10-23(21(27)13-20)33-15-17-6-4-7-19(28)12-17/h4,6-14,16,24H,15H2,1-2H3,(H,29,30,31)/t24?,26-/m0/s1. The van der Waals surface area contributed by atoms with Crippen LogP contribution in [-0.2, 0) is 11.4 Å². The van der Waals surface area contributed by atoms with Crippen LogP contribution < -0.4 is 10.1 Å². The maximum absolute atomic E-state index is 13.4. The molecule has 1 aliphatic carbocycles. The number of anilines is 1. The summed E-state index contributed by atoms with van der Waals surface area (Å²) in [6.45, 7) is 3.79. The number of halogens is 2. The molecule has 2 atom stereocenters. The number of hydrogen-bond donors (Lipinski definition) is 1. The minimum absolute atomic E-state index is 0.196. The molecule has 0 fully saturated rings. The molecule has 0 saturated carbocycles. The molecule has 166 valence electrons.